The zero-order chi connectivity index (χ0) is 13.2. The first-order chi connectivity index (χ1) is 9.25. The van der Waals surface area contributed by atoms with Crippen LogP contribution in [0.2, 0.25) is 0 Å². The van der Waals surface area contributed by atoms with Crippen molar-refractivity contribution in [3.05, 3.63) is 66.2 Å². The molecule has 2 N–H and O–H groups in total. The summed E-state index contributed by atoms with van der Waals surface area (Å²) in [6.07, 6.45) is 0. The third-order valence-electron chi connectivity index (χ3n) is 3.15. The van der Waals surface area contributed by atoms with Crippen LogP contribution in [0.1, 0.15) is 5.56 Å². The van der Waals surface area contributed by atoms with Gasteiger partial charge in [-0.15, -0.1) is 0 Å². The molecule has 0 aliphatic rings. The molecule has 3 nitrogen and oxygen atoms in total. The highest BCUT2D eigenvalue weighted by Gasteiger charge is 2.11. The number of benzene rings is 2. The van der Waals surface area contributed by atoms with E-state index in [1.807, 2.05) is 53.2 Å². The monoisotopic (exact) mass is 249 g/mol. The predicted molar refractivity (Wildman–Crippen MR) is 78.1 cm³/mol. The molecule has 1 heterocycles. The minimum atomic E-state index is 0.530. The van der Waals surface area contributed by atoms with Gasteiger partial charge < -0.3 is 5.73 Å². The van der Waals surface area contributed by atoms with Gasteiger partial charge in [0.1, 0.15) is 5.82 Å². The average molecular weight is 249 g/mol. The van der Waals surface area contributed by atoms with E-state index in [9.17, 15) is 0 Å². The fourth-order valence-electron chi connectivity index (χ4n) is 2.22. The smallest absolute Gasteiger partial charge is 0.146 e. The molecule has 0 aliphatic carbocycles. The number of rotatable bonds is 2. The second-order valence-corrected chi connectivity index (χ2v) is 4.52. The van der Waals surface area contributed by atoms with Gasteiger partial charge in [-0.3, -0.25) is 0 Å². The zero-order valence-corrected chi connectivity index (χ0v) is 10.7. The number of hydrogen-bond donors (Lipinski definition) is 1. The van der Waals surface area contributed by atoms with E-state index in [1.165, 1.54) is 5.56 Å². The van der Waals surface area contributed by atoms with Gasteiger partial charge in [-0.25, -0.2) is 4.68 Å². The van der Waals surface area contributed by atoms with Crippen LogP contribution in [0.5, 0.6) is 0 Å². The third-order valence-corrected chi connectivity index (χ3v) is 3.15. The fraction of sp³-hybridized carbons (Fsp3) is 0.0625. The molecule has 0 fully saturated rings. The second kappa shape index (κ2) is 4.61. The molecular formula is C16H15N3. The van der Waals surface area contributed by atoms with Crippen LogP contribution >= 0.6 is 0 Å². The highest BCUT2D eigenvalue weighted by Crippen LogP contribution is 2.27. The minimum Gasteiger partial charge on any atom is -0.382 e. The molecular weight excluding hydrogens is 234 g/mol. The Morgan fingerprint density at radius 2 is 1.63 bits per heavy atom. The molecule has 94 valence electrons. The molecule has 1 aromatic heterocycles. The molecule has 0 spiro atoms. The lowest BCUT2D eigenvalue weighted by Crippen LogP contribution is -2.00. The fourth-order valence-corrected chi connectivity index (χ4v) is 2.22. The summed E-state index contributed by atoms with van der Waals surface area (Å²) in [7, 11) is 0. The summed E-state index contributed by atoms with van der Waals surface area (Å²) in [5.74, 6) is 0.530. The van der Waals surface area contributed by atoms with Crippen LogP contribution in [0.3, 0.4) is 0 Å². The lowest BCUT2D eigenvalue weighted by molar-refractivity contribution is 0.893. The maximum atomic E-state index is 5.87. The van der Waals surface area contributed by atoms with Gasteiger partial charge >= 0.3 is 0 Å². The van der Waals surface area contributed by atoms with Crippen molar-refractivity contribution in [3.8, 4) is 16.9 Å². The first kappa shape index (κ1) is 11.5. The number of nitrogen functional groups attached to an aromatic ring is 1. The van der Waals surface area contributed by atoms with E-state index in [2.05, 4.69) is 24.2 Å². The van der Waals surface area contributed by atoms with Crippen molar-refractivity contribution < 1.29 is 0 Å². The Morgan fingerprint density at radius 3 is 2.37 bits per heavy atom. The van der Waals surface area contributed by atoms with E-state index < -0.39 is 0 Å². The topological polar surface area (TPSA) is 43.8 Å². The van der Waals surface area contributed by atoms with Crippen LogP contribution in [-0.4, -0.2) is 9.78 Å². The van der Waals surface area contributed by atoms with Crippen LogP contribution in [0.25, 0.3) is 16.9 Å². The summed E-state index contributed by atoms with van der Waals surface area (Å²) in [6, 6.07) is 20.2. The molecule has 2 aromatic carbocycles. The summed E-state index contributed by atoms with van der Waals surface area (Å²) in [5, 5.41) is 4.39. The number of nitrogens with zero attached hydrogens (tertiary/aromatic N) is 2. The number of para-hydroxylation sites is 1. The van der Waals surface area contributed by atoms with Crippen molar-refractivity contribution in [2.24, 2.45) is 0 Å². The molecule has 3 aromatic rings. The van der Waals surface area contributed by atoms with Crippen LogP contribution in [0, 0.1) is 6.92 Å². The number of aryl methyl sites for hydroxylation is 1. The highest BCUT2D eigenvalue weighted by molar-refractivity contribution is 5.68. The van der Waals surface area contributed by atoms with Gasteiger partial charge in [0, 0.05) is 11.6 Å². The van der Waals surface area contributed by atoms with E-state index >= 15 is 0 Å². The molecule has 0 atom stereocenters. The van der Waals surface area contributed by atoms with Crippen molar-refractivity contribution >= 4 is 5.82 Å². The largest absolute Gasteiger partial charge is 0.382 e. The van der Waals surface area contributed by atoms with Gasteiger partial charge in [-0.2, -0.15) is 5.10 Å². The van der Waals surface area contributed by atoms with Gasteiger partial charge in [0.25, 0.3) is 0 Å². The van der Waals surface area contributed by atoms with E-state index in [0.29, 0.717) is 5.82 Å². The Morgan fingerprint density at radius 1 is 0.947 bits per heavy atom. The Labute approximate surface area is 112 Å². The van der Waals surface area contributed by atoms with Crippen LogP contribution in [0.15, 0.2) is 60.7 Å². The summed E-state index contributed by atoms with van der Waals surface area (Å²) >= 11 is 0. The Bertz CT molecular complexity index is 699. The number of aromatic nitrogens is 2. The molecule has 0 saturated heterocycles. The SMILES string of the molecule is Cc1ccccc1-c1cc(N)nn1-c1ccccc1. The van der Waals surface area contributed by atoms with Gasteiger partial charge in [-0.05, 0) is 24.6 Å². The molecule has 0 amide bonds. The number of nitrogens with two attached hydrogens (primary N) is 1. The van der Waals surface area contributed by atoms with Crippen molar-refractivity contribution in [2.75, 3.05) is 5.73 Å². The van der Waals surface area contributed by atoms with E-state index in [4.69, 9.17) is 5.73 Å². The Kier molecular flexibility index (Phi) is 2.80. The molecule has 3 heteroatoms. The first-order valence-corrected chi connectivity index (χ1v) is 6.22. The maximum absolute atomic E-state index is 5.87. The molecule has 0 aliphatic heterocycles. The molecule has 3 rings (SSSR count). The van der Waals surface area contributed by atoms with Crippen molar-refractivity contribution in [1.82, 2.24) is 9.78 Å². The minimum absolute atomic E-state index is 0.530. The second-order valence-electron chi connectivity index (χ2n) is 4.52. The molecule has 19 heavy (non-hydrogen) atoms. The predicted octanol–water partition coefficient (Wildman–Crippen LogP) is 3.43. The van der Waals surface area contributed by atoms with Gasteiger partial charge in [-0.1, -0.05) is 42.5 Å². The first-order valence-electron chi connectivity index (χ1n) is 6.22. The molecule has 0 saturated carbocycles. The number of hydrogen-bond acceptors (Lipinski definition) is 2. The average Bonchev–Trinajstić information content (AvgIpc) is 2.82. The van der Waals surface area contributed by atoms with Gasteiger partial charge in [0.2, 0.25) is 0 Å². The van der Waals surface area contributed by atoms with Crippen LogP contribution in [0.4, 0.5) is 5.82 Å². The lowest BCUT2D eigenvalue weighted by atomic mass is 10.1. The summed E-state index contributed by atoms with van der Waals surface area (Å²) < 4.78 is 1.89. The van der Waals surface area contributed by atoms with Crippen LogP contribution in [-0.2, 0) is 0 Å². The van der Waals surface area contributed by atoms with Crippen molar-refractivity contribution in [2.45, 2.75) is 6.92 Å². The van der Waals surface area contributed by atoms with E-state index in [1.54, 1.807) is 0 Å². The standard InChI is InChI=1S/C16H15N3/c1-12-7-5-6-10-14(12)15-11-16(17)18-19(15)13-8-3-2-4-9-13/h2-11H,1H3,(H2,17,18). The summed E-state index contributed by atoms with van der Waals surface area (Å²) in [5.41, 5.74) is 10.3. The van der Waals surface area contributed by atoms with Crippen molar-refractivity contribution in [1.29, 1.82) is 0 Å². The van der Waals surface area contributed by atoms with E-state index in [-0.39, 0.29) is 0 Å². The molecule has 0 radical (unpaired) electrons. The van der Waals surface area contributed by atoms with E-state index in [0.717, 1.165) is 16.9 Å². The van der Waals surface area contributed by atoms with Crippen molar-refractivity contribution in [3.63, 3.8) is 0 Å². The summed E-state index contributed by atoms with van der Waals surface area (Å²) in [4.78, 5) is 0. The maximum Gasteiger partial charge on any atom is 0.146 e. The Hall–Kier alpha value is -2.55. The normalized spacial score (nSPS) is 10.6. The van der Waals surface area contributed by atoms with Gasteiger partial charge in [0.05, 0.1) is 11.4 Å². The zero-order valence-electron chi connectivity index (χ0n) is 10.7. The number of anilines is 1. The Balaban J connectivity index is 2.21. The van der Waals surface area contributed by atoms with Crippen LogP contribution < -0.4 is 5.73 Å². The van der Waals surface area contributed by atoms with Gasteiger partial charge in [0.15, 0.2) is 0 Å². The lowest BCUT2D eigenvalue weighted by Gasteiger charge is -2.09. The molecule has 0 unspecified atom stereocenters. The summed E-state index contributed by atoms with van der Waals surface area (Å²) in [6.45, 7) is 2.09. The third kappa shape index (κ3) is 2.10. The highest BCUT2D eigenvalue weighted by atomic mass is 15.3. The molecule has 0 bridgehead atoms. The quantitative estimate of drug-likeness (QED) is 0.756.